The lowest BCUT2D eigenvalue weighted by Gasteiger charge is -2.10. The van der Waals surface area contributed by atoms with Crippen molar-refractivity contribution in [2.45, 2.75) is 0 Å². The third-order valence-electron chi connectivity index (χ3n) is 5.05. The monoisotopic (exact) mass is 513 g/mol. The van der Waals surface area contributed by atoms with Gasteiger partial charge in [-0.2, -0.15) is 5.10 Å². The maximum atomic E-state index is 12.9. The van der Waals surface area contributed by atoms with Crippen LogP contribution in [0, 0.1) is 0 Å². The minimum Gasteiger partial charge on any atom is -0.383 e. The molecular weight excluding hydrogens is 493 g/mol. The molecule has 180 valence electrons. The first-order valence-corrected chi connectivity index (χ1v) is 11.2. The molecule has 12 heteroatoms. The number of nitrogens with one attached hydrogen (secondary N) is 3. The molecule has 5 N–H and O–H groups in total. The quantitative estimate of drug-likeness (QED) is 0.272. The Labute approximate surface area is 210 Å². The van der Waals surface area contributed by atoms with Crippen molar-refractivity contribution in [1.82, 2.24) is 19.9 Å². The van der Waals surface area contributed by atoms with Crippen LogP contribution in [0.2, 0.25) is 10.0 Å². The standard InChI is InChI=1S/C23H21Cl2N7O3/c1-35-9-8-27-22(33)16-11-32-20(21(26)28-12-29-32)19(16)13-2-4-14(5-3-13)30-23(34)31-15-6-7-17(24)18(25)10-15/h2-7,10-12H,8-9H2,1H3,(H,27,33)(H2,26,28,29)(H2,30,31,34). The molecule has 2 aromatic heterocycles. The van der Waals surface area contributed by atoms with Crippen molar-refractivity contribution < 1.29 is 14.3 Å². The van der Waals surface area contributed by atoms with Gasteiger partial charge < -0.3 is 26.4 Å². The van der Waals surface area contributed by atoms with E-state index in [9.17, 15) is 9.59 Å². The number of hydrogen-bond acceptors (Lipinski definition) is 6. The van der Waals surface area contributed by atoms with Crippen LogP contribution >= 0.6 is 23.2 Å². The van der Waals surface area contributed by atoms with Crippen LogP contribution in [0.15, 0.2) is 55.0 Å². The Morgan fingerprint density at radius 2 is 1.77 bits per heavy atom. The van der Waals surface area contributed by atoms with Gasteiger partial charge in [0.05, 0.1) is 22.2 Å². The number of aromatic nitrogens is 3. The summed E-state index contributed by atoms with van der Waals surface area (Å²) in [6.45, 7) is 0.722. The van der Waals surface area contributed by atoms with Gasteiger partial charge in [0.1, 0.15) is 11.8 Å². The lowest BCUT2D eigenvalue weighted by molar-refractivity contribution is 0.0937. The maximum Gasteiger partial charge on any atom is 0.323 e. The molecule has 0 bridgehead atoms. The van der Waals surface area contributed by atoms with Gasteiger partial charge in [-0.3, -0.25) is 4.79 Å². The zero-order valence-corrected chi connectivity index (χ0v) is 20.0. The first kappa shape index (κ1) is 24.3. The van der Waals surface area contributed by atoms with E-state index in [-0.39, 0.29) is 11.7 Å². The van der Waals surface area contributed by atoms with Gasteiger partial charge in [0.2, 0.25) is 0 Å². The molecule has 2 aromatic carbocycles. The molecule has 0 radical (unpaired) electrons. The number of nitrogen functional groups attached to an aromatic ring is 1. The zero-order valence-electron chi connectivity index (χ0n) is 18.5. The van der Waals surface area contributed by atoms with E-state index in [1.54, 1.807) is 55.8 Å². The van der Waals surface area contributed by atoms with Crippen molar-refractivity contribution in [1.29, 1.82) is 0 Å². The molecule has 10 nitrogen and oxygen atoms in total. The normalized spacial score (nSPS) is 10.8. The van der Waals surface area contributed by atoms with Crippen LogP contribution in [0.4, 0.5) is 22.0 Å². The number of fused-ring (bicyclic) bond motifs is 1. The number of anilines is 3. The van der Waals surface area contributed by atoms with Crippen LogP contribution in [0.5, 0.6) is 0 Å². The molecule has 4 aromatic rings. The van der Waals surface area contributed by atoms with Crippen molar-refractivity contribution >= 4 is 57.8 Å². The van der Waals surface area contributed by atoms with E-state index in [0.29, 0.717) is 56.8 Å². The van der Waals surface area contributed by atoms with Gasteiger partial charge in [-0.05, 0) is 35.9 Å². The van der Waals surface area contributed by atoms with E-state index >= 15 is 0 Å². The third-order valence-corrected chi connectivity index (χ3v) is 5.79. The van der Waals surface area contributed by atoms with Gasteiger partial charge in [-0.1, -0.05) is 35.3 Å². The van der Waals surface area contributed by atoms with Gasteiger partial charge in [-0.15, -0.1) is 0 Å². The van der Waals surface area contributed by atoms with E-state index in [4.69, 9.17) is 33.7 Å². The molecule has 0 atom stereocenters. The van der Waals surface area contributed by atoms with Crippen molar-refractivity contribution in [3.05, 3.63) is 70.6 Å². The summed E-state index contributed by atoms with van der Waals surface area (Å²) in [5, 5.41) is 13.1. The largest absolute Gasteiger partial charge is 0.383 e. The highest BCUT2D eigenvalue weighted by Crippen LogP contribution is 2.33. The number of carbonyl (C=O) groups excluding carboxylic acids is 2. The Morgan fingerprint density at radius 3 is 2.49 bits per heavy atom. The van der Waals surface area contributed by atoms with Crippen LogP contribution in [0.3, 0.4) is 0 Å². The highest BCUT2D eigenvalue weighted by molar-refractivity contribution is 6.42. The Balaban J connectivity index is 1.58. The fourth-order valence-corrected chi connectivity index (χ4v) is 3.75. The van der Waals surface area contributed by atoms with E-state index in [0.717, 1.165) is 0 Å². The van der Waals surface area contributed by atoms with Gasteiger partial charge in [-0.25, -0.2) is 14.3 Å². The average molecular weight is 514 g/mol. The van der Waals surface area contributed by atoms with Crippen molar-refractivity contribution in [2.24, 2.45) is 0 Å². The van der Waals surface area contributed by atoms with Crippen molar-refractivity contribution in [3.63, 3.8) is 0 Å². The molecule has 0 spiro atoms. The first-order chi connectivity index (χ1) is 16.9. The summed E-state index contributed by atoms with van der Waals surface area (Å²) in [4.78, 5) is 29.3. The molecule has 0 aliphatic rings. The smallest absolute Gasteiger partial charge is 0.323 e. The Bertz CT molecular complexity index is 1390. The zero-order chi connectivity index (χ0) is 24.9. The number of methoxy groups -OCH3 is 1. The van der Waals surface area contributed by atoms with Gasteiger partial charge in [0, 0.05) is 36.8 Å². The number of nitrogens with zero attached hydrogens (tertiary/aromatic N) is 3. The highest BCUT2D eigenvalue weighted by atomic mass is 35.5. The molecule has 0 unspecified atom stereocenters. The number of urea groups is 1. The maximum absolute atomic E-state index is 12.9. The van der Waals surface area contributed by atoms with Gasteiger partial charge >= 0.3 is 6.03 Å². The summed E-state index contributed by atoms with van der Waals surface area (Å²) >= 11 is 11.9. The number of amides is 3. The fraction of sp³-hybridized carbons (Fsp3) is 0.130. The SMILES string of the molecule is COCCNC(=O)c1cn2ncnc(N)c2c1-c1ccc(NC(=O)Nc2ccc(Cl)c(Cl)c2)cc1. The molecule has 0 saturated heterocycles. The predicted octanol–water partition coefficient (Wildman–Crippen LogP) is 4.31. The summed E-state index contributed by atoms with van der Waals surface area (Å²) < 4.78 is 6.51. The number of hydrogen-bond donors (Lipinski definition) is 4. The van der Waals surface area contributed by atoms with Crippen molar-refractivity contribution in [2.75, 3.05) is 36.6 Å². The number of rotatable bonds is 7. The number of benzene rings is 2. The topological polar surface area (TPSA) is 136 Å². The molecule has 2 heterocycles. The summed E-state index contributed by atoms with van der Waals surface area (Å²) in [5.74, 6) is -0.0701. The number of ether oxygens (including phenoxy) is 1. The second-order valence-electron chi connectivity index (χ2n) is 7.39. The highest BCUT2D eigenvalue weighted by Gasteiger charge is 2.21. The molecule has 35 heavy (non-hydrogen) atoms. The Kier molecular flexibility index (Phi) is 7.35. The molecule has 0 fully saturated rings. The van der Waals surface area contributed by atoms with Gasteiger partial charge in [0.15, 0.2) is 5.82 Å². The van der Waals surface area contributed by atoms with Gasteiger partial charge in [0.25, 0.3) is 5.91 Å². The third kappa shape index (κ3) is 5.46. The molecular formula is C23H21Cl2N7O3. The van der Waals surface area contributed by atoms with E-state index in [1.807, 2.05) is 0 Å². The Hall–Kier alpha value is -3.86. The fourth-order valence-electron chi connectivity index (χ4n) is 3.45. The summed E-state index contributed by atoms with van der Waals surface area (Å²) in [6, 6.07) is 11.3. The molecule has 0 aliphatic heterocycles. The first-order valence-electron chi connectivity index (χ1n) is 10.4. The predicted molar refractivity (Wildman–Crippen MR) is 136 cm³/mol. The van der Waals surface area contributed by atoms with Crippen LogP contribution in [-0.4, -0.2) is 46.8 Å². The van der Waals surface area contributed by atoms with Crippen molar-refractivity contribution in [3.8, 4) is 11.1 Å². The molecule has 4 rings (SSSR count). The number of nitrogens with two attached hydrogens (primary N) is 1. The van der Waals surface area contributed by atoms with E-state index < -0.39 is 6.03 Å². The summed E-state index contributed by atoms with van der Waals surface area (Å²) in [7, 11) is 1.56. The molecule has 3 amide bonds. The number of carbonyl (C=O) groups is 2. The van der Waals surface area contributed by atoms with Crippen LogP contribution < -0.4 is 21.7 Å². The summed E-state index contributed by atoms with van der Waals surface area (Å²) in [6.07, 6.45) is 2.92. The second kappa shape index (κ2) is 10.6. The summed E-state index contributed by atoms with van der Waals surface area (Å²) in [5.41, 5.74) is 9.29. The lowest BCUT2D eigenvalue weighted by Crippen LogP contribution is -2.27. The molecule has 0 aliphatic carbocycles. The minimum absolute atomic E-state index is 0.231. The number of halogens is 2. The average Bonchev–Trinajstić information content (AvgIpc) is 3.23. The Morgan fingerprint density at radius 1 is 1.06 bits per heavy atom. The lowest BCUT2D eigenvalue weighted by atomic mass is 10.0. The van der Waals surface area contributed by atoms with Crippen LogP contribution in [0.25, 0.3) is 16.6 Å². The molecule has 0 saturated carbocycles. The van der Waals surface area contributed by atoms with Crippen LogP contribution in [-0.2, 0) is 4.74 Å². The van der Waals surface area contributed by atoms with E-state index in [1.165, 1.54) is 10.8 Å². The second-order valence-corrected chi connectivity index (χ2v) is 8.20. The minimum atomic E-state index is -0.457. The van der Waals surface area contributed by atoms with E-state index in [2.05, 4.69) is 26.0 Å². The van der Waals surface area contributed by atoms with Crippen LogP contribution in [0.1, 0.15) is 10.4 Å².